The lowest BCUT2D eigenvalue weighted by Gasteiger charge is -2.32. The Labute approximate surface area is 267 Å². The van der Waals surface area contributed by atoms with Gasteiger partial charge in [-0.05, 0) is 80.7 Å². The summed E-state index contributed by atoms with van der Waals surface area (Å²) in [6.07, 6.45) is 3.59. The summed E-state index contributed by atoms with van der Waals surface area (Å²) in [5.41, 5.74) is 7.00. The van der Waals surface area contributed by atoms with Crippen molar-refractivity contribution in [3.05, 3.63) is 95.6 Å². The number of allylic oxidation sites excluding steroid dienone is 2. The van der Waals surface area contributed by atoms with E-state index in [0.717, 1.165) is 38.6 Å². The Morgan fingerprint density at radius 3 is 1.95 bits per heavy atom. The van der Waals surface area contributed by atoms with Crippen molar-refractivity contribution < 1.29 is 23.1 Å². The fourth-order valence-corrected chi connectivity index (χ4v) is 5.24. The van der Waals surface area contributed by atoms with Gasteiger partial charge >= 0.3 is 6.18 Å². The van der Waals surface area contributed by atoms with E-state index in [-0.39, 0.29) is 5.91 Å². The molecular weight excluding hydrogens is 583 g/mol. The zero-order valence-electron chi connectivity index (χ0n) is 26.6. The normalized spacial score (nSPS) is 14.7. The molecule has 244 valence electrons. The molecule has 1 fully saturated rings. The van der Waals surface area contributed by atoms with Crippen LogP contribution in [-0.2, 0) is 4.79 Å². The number of hydrogen-bond acceptors (Lipinski definition) is 5. The number of carbonyl (C=O) groups excluding carboxylic acids is 1. The van der Waals surface area contributed by atoms with E-state index in [9.17, 15) is 18.0 Å². The molecule has 1 saturated heterocycles. The Morgan fingerprint density at radius 2 is 1.52 bits per heavy atom. The average molecular weight is 634 g/mol. The SMILES string of the molecule is C/C=C(\C)C(=O)NC1CCN(CCCCC2c3ccccc3-c3ccccc32)CC1.C=C(C)NCC(F)(F)F.C=CS.CO. The van der Waals surface area contributed by atoms with Gasteiger partial charge in [0.25, 0.3) is 0 Å². The molecule has 0 atom stereocenters. The van der Waals surface area contributed by atoms with Crippen molar-refractivity contribution in [1.29, 1.82) is 0 Å². The molecule has 0 unspecified atom stereocenters. The summed E-state index contributed by atoms with van der Waals surface area (Å²) in [6, 6.07) is 18.2. The number of thiol groups is 1. The Hall–Kier alpha value is -3.01. The van der Waals surface area contributed by atoms with Crippen LogP contribution < -0.4 is 10.6 Å². The predicted octanol–water partition coefficient (Wildman–Crippen LogP) is 7.86. The van der Waals surface area contributed by atoms with Crippen molar-refractivity contribution >= 4 is 18.5 Å². The molecule has 0 saturated carbocycles. The maximum Gasteiger partial charge on any atom is 0.405 e. The number of unbranched alkanes of at least 4 members (excludes halogenated alkanes) is 1. The zero-order valence-corrected chi connectivity index (χ0v) is 27.5. The fraction of sp³-hybridized carbons (Fsp3) is 0.457. The lowest BCUT2D eigenvalue weighted by Crippen LogP contribution is -2.45. The van der Waals surface area contributed by atoms with Crippen molar-refractivity contribution in [2.45, 2.75) is 71.0 Å². The van der Waals surface area contributed by atoms with E-state index in [1.165, 1.54) is 60.4 Å². The quantitative estimate of drug-likeness (QED) is 0.129. The molecule has 2 aromatic rings. The van der Waals surface area contributed by atoms with Crippen molar-refractivity contribution in [3.8, 4) is 11.1 Å². The summed E-state index contributed by atoms with van der Waals surface area (Å²) >= 11 is 3.55. The first kappa shape index (κ1) is 39.0. The van der Waals surface area contributed by atoms with Crippen LogP contribution in [-0.4, -0.2) is 61.4 Å². The smallest absolute Gasteiger partial charge is 0.400 e. The van der Waals surface area contributed by atoms with E-state index in [4.69, 9.17) is 5.11 Å². The minimum atomic E-state index is -4.14. The number of carbonyl (C=O) groups is 1. The lowest BCUT2D eigenvalue weighted by atomic mass is 9.91. The minimum absolute atomic E-state index is 0.0908. The number of likely N-dealkylation sites (tertiary alicyclic amines) is 1. The molecule has 1 amide bonds. The summed E-state index contributed by atoms with van der Waals surface area (Å²) in [7, 11) is 1.00. The van der Waals surface area contributed by atoms with Gasteiger partial charge in [0, 0.05) is 43.4 Å². The van der Waals surface area contributed by atoms with Crippen LogP contribution in [0.25, 0.3) is 11.1 Å². The summed E-state index contributed by atoms with van der Waals surface area (Å²) in [4.78, 5) is 14.6. The average Bonchev–Trinajstić information content (AvgIpc) is 3.33. The highest BCUT2D eigenvalue weighted by atomic mass is 32.1. The number of benzene rings is 2. The van der Waals surface area contributed by atoms with Gasteiger partial charge in [0.2, 0.25) is 5.91 Å². The number of piperidine rings is 1. The first-order chi connectivity index (χ1) is 21.0. The number of aliphatic hydroxyl groups is 1. The molecule has 3 N–H and O–H groups in total. The molecule has 0 radical (unpaired) electrons. The second-order valence-electron chi connectivity index (χ2n) is 10.7. The van der Waals surface area contributed by atoms with E-state index < -0.39 is 12.7 Å². The number of halogens is 3. The molecule has 2 aliphatic rings. The third kappa shape index (κ3) is 13.7. The van der Waals surface area contributed by atoms with Crippen LogP contribution >= 0.6 is 12.6 Å². The van der Waals surface area contributed by atoms with Crippen molar-refractivity contribution in [2.24, 2.45) is 0 Å². The number of fused-ring (bicyclic) bond motifs is 3. The number of hydrogen-bond donors (Lipinski definition) is 4. The van der Waals surface area contributed by atoms with Gasteiger partial charge in [-0.1, -0.05) is 74.2 Å². The van der Waals surface area contributed by atoms with Crippen molar-refractivity contribution in [2.75, 3.05) is 33.3 Å². The highest BCUT2D eigenvalue weighted by molar-refractivity contribution is 7.83. The molecule has 0 spiro atoms. The topological polar surface area (TPSA) is 64.6 Å². The molecule has 44 heavy (non-hydrogen) atoms. The molecule has 1 aliphatic carbocycles. The largest absolute Gasteiger partial charge is 0.405 e. The second-order valence-corrected chi connectivity index (χ2v) is 11.1. The maximum atomic E-state index is 12.0. The van der Waals surface area contributed by atoms with Crippen LogP contribution in [0.4, 0.5) is 13.2 Å². The zero-order chi connectivity index (χ0) is 33.1. The number of nitrogens with zero attached hydrogens (tertiary/aromatic N) is 1. The predicted molar refractivity (Wildman–Crippen MR) is 181 cm³/mol. The van der Waals surface area contributed by atoms with E-state index in [2.05, 4.69) is 89.9 Å². The highest BCUT2D eigenvalue weighted by Crippen LogP contribution is 2.46. The van der Waals surface area contributed by atoms with Gasteiger partial charge in [-0.15, -0.1) is 0 Å². The van der Waals surface area contributed by atoms with Gasteiger partial charge in [-0.25, -0.2) is 0 Å². The molecular formula is C35H50F3N3O2S. The Morgan fingerprint density at radius 1 is 1.02 bits per heavy atom. The van der Waals surface area contributed by atoms with Gasteiger partial charge in [0.05, 0.1) is 0 Å². The van der Waals surface area contributed by atoms with Crippen molar-refractivity contribution in [1.82, 2.24) is 15.5 Å². The summed E-state index contributed by atoms with van der Waals surface area (Å²) < 4.78 is 33.9. The molecule has 4 rings (SSSR count). The first-order valence-corrected chi connectivity index (χ1v) is 15.5. The Bertz CT molecular complexity index is 1150. The van der Waals surface area contributed by atoms with Gasteiger partial charge in [0.1, 0.15) is 6.54 Å². The molecule has 0 aromatic heterocycles. The lowest BCUT2D eigenvalue weighted by molar-refractivity contribution is -0.123. The summed E-state index contributed by atoms with van der Waals surface area (Å²) in [5.74, 6) is 0.640. The van der Waals surface area contributed by atoms with Gasteiger partial charge < -0.3 is 20.6 Å². The molecule has 0 bridgehead atoms. The first-order valence-electron chi connectivity index (χ1n) is 15.0. The van der Waals surface area contributed by atoms with Crippen LogP contribution in [0.15, 0.2) is 84.4 Å². The van der Waals surface area contributed by atoms with Crippen LogP contribution in [0, 0.1) is 0 Å². The molecule has 1 heterocycles. The third-order valence-electron chi connectivity index (χ3n) is 7.48. The second kappa shape index (κ2) is 20.9. The van der Waals surface area contributed by atoms with E-state index in [1.807, 2.05) is 19.9 Å². The summed E-state index contributed by atoms with van der Waals surface area (Å²) in [6.45, 7) is 14.1. The van der Waals surface area contributed by atoms with Crippen LogP contribution in [0.3, 0.4) is 0 Å². The van der Waals surface area contributed by atoms with Gasteiger partial charge in [-0.2, -0.15) is 25.8 Å². The third-order valence-corrected chi connectivity index (χ3v) is 7.48. The van der Waals surface area contributed by atoms with Gasteiger partial charge in [0.15, 0.2) is 0 Å². The van der Waals surface area contributed by atoms with Crippen LogP contribution in [0.2, 0.25) is 0 Å². The number of nitrogens with one attached hydrogen (secondary N) is 2. The van der Waals surface area contributed by atoms with E-state index in [1.54, 1.807) is 0 Å². The van der Waals surface area contributed by atoms with E-state index >= 15 is 0 Å². The number of rotatable bonds is 9. The Kier molecular flexibility index (Phi) is 18.5. The van der Waals surface area contributed by atoms with Crippen LogP contribution in [0.5, 0.6) is 0 Å². The van der Waals surface area contributed by atoms with Gasteiger partial charge in [-0.3, -0.25) is 4.79 Å². The molecule has 9 heteroatoms. The maximum absolute atomic E-state index is 12.0. The van der Waals surface area contributed by atoms with Crippen LogP contribution in [0.1, 0.15) is 69.9 Å². The minimum Gasteiger partial charge on any atom is -0.400 e. The highest BCUT2D eigenvalue weighted by Gasteiger charge is 2.28. The Balaban J connectivity index is 0.000000585. The summed E-state index contributed by atoms with van der Waals surface area (Å²) in [5, 5.41) is 13.7. The van der Waals surface area contributed by atoms with Crippen molar-refractivity contribution in [3.63, 3.8) is 0 Å². The standard InChI is InChI=1S/C27H34N2O.C5H8F3N.C2H4S.CH4O/c1-3-20(2)27(30)28-21-15-18-29(19-16-21)17-9-8-14-26-24-12-6-4-10-22(24)23-11-5-7-13-25(23)26;1-4(2)9-3-5(6,7)8;1-2-3;1-2/h3-7,10-13,21,26H,8-9,14-19H2,1-2H3,(H,28,30);9H,1,3H2,2H3;2-3H,1H2;2H,1H3/b20-3+;;;. The monoisotopic (exact) mass is 633 g/mol. The number of amides is 1. The van der Waals surface area contributed by atoms with E-state index in [0.29, 0.717) is 17.7 Å². The number of aliphatic hydroxyl groups excluding tert-OH is 1. The molecule has 2 aromatic carbocycles. The number of alkyl halides is 3. The molecule has 1 aliphatic heterocycles. The molecule has 5 nitrogen and oxygen atoms in total. The fourth-order valence-electron chi connectivity index (χ4n) is 5.24.